The Morgan fingerprint density at radius 3 is 2.53 bits per heavy atom. The smallest absolute Gasteiger partial charge is 0.122 e. The van der Waals surface area contributed by atoms with Crippen LogP contribution in [0.15, 0.2) is 18.2 Å². The van der Waals surface area contributed by atoms with E-state index in [1.165, 1.54) is 11.1 Å². The van der Waals surface area contributed by atoms with Crippen LogP contribution < -0.4 is 10.5 Å². The summed E-state index contributed by atoms with van der Waals surface area (Å²) in [4.78, 5) is 0. The monoisotopic (exact) mass is 287 g/mol. The lowest BCUT2D eigenvalue weighted by Gasteiger charge is -2.14. The first-order chi connectivity index (χ1) is 8.67. The number of nitrogens with two attached hydrogens (primary N) is 1. The van der Waals surface area contributed by atoms with E-state index in [0.29, 0.717) is 6.61 Å². The van der Waals surface area contributed by atoms with Gasteiger partial charge in [-0.1, -0.05) is 12.1 Å². The first-order valence-corrected chi connectivity index (χ1v) is 6.75. The molecule has 1 rings (SSSR count). The van der Waals surface area contributed by atoms with Crippen LogP contribution in [0.2, 0.25) is 0 Å². The van der Waals surface area contributed by atoms with Gasteiger partial charge in [-0.25, -0.2) is 0 Å². The molecular formula is C15H26ClNO2. The molecule has 1 unspecified atom stereocenters. The maximum absolute atomic E-state index is 5.88. The van der Waals surface area contributed by atoms with Crippen LogP contribution in [0.25, 0.3) is 0 Å². The van der Waals surface area contributed by atoms with Gasteiger partial charge in [0.15, 0.2) is 0 Å². The molecule has 2 N–H and O–H groups in total. The van der Waals surface area contributed by atoms with Crippen LogP contribution in [0.3, 0.4) is 0 Å². The van der Waals surface area contributed by atoms with Crippen LogP contribution in [0.5, 0.6) is 5.75 Å². The van der Waals surface area contributed by atoms with E-state index >= 15 is 0 Å². The third-order valence-electron chi connectivity index (χ3n) is 2.71. The van der Waals surface area contributed by atoms with Gasteiger partial charge in [0, 0.05) is 12.6 Å². The Hall–Kier alpha value is -0.770. The summed E-state index contributed by atoms with van der Waals surface area (Å²) in [6.45, 7) is 8.25. The van der Waals surface area contributed by atoms with Gasteiger partial charge in [0.1, 0.15) is 5.75 Å². The molecule has 0 heterocycles. The first-order valence-electron chi connectivity index (χ1n) is 6.75. The van der Waals surface area contributed by atoms with Gasteiger partial charge in [-0.15, -0.1) is 12.4 Å². The van der Waals surface area contributed by atoms with Gasteiger partial charge in [-0.2, -0.15) is 0 Å². The number of rotatable bonds is 8. The molecule has 0 spiro atoms. The fraction of sp³-hybridized carbons (Fsp3) is 0.600. The van der Waals surface area contributed by atoms with Crippen molar-refractivity contribution < 1.29 is 9.47 Å². The second-order valence-electron chi connectivity index (χ2n) is 4.50. The van der Waals surface area contributed by atoms with Gasteiger partial charge >= 0.3 is 0 Å². The van der Waals surface area contributed by atoms with E-state index in [2.05, 4.69) is 12.1 Å². The van der Waals surface area contributed by atoms with E-state index in [-0.39, 0.29) is 18.4 Å². The zero-order valence-electron chi connectivity index (χ0n) is 12.1. The molecule has 4 heteroatoms. The fourth-order valence-electron chi connectivity index (χ4n) is 1.93. The predicted octanol–water partition coefficient (Wildman–Crippen LogP) is 2.98. The number of hydrogen-bond acceptors (Lipinski definition) is 3. The predicted molar refractivity (Wildman–Crippen MR) is 82.4 cm³/mol. The largest absolute Gasteiger partial charge is 0.494 e. The molecule has 0 radical (unpaired) electrons. The van der Waals surface area contributed by atoms with Gasteiger partial charge in [0.25, 0.3) is 0 Å². The summed E-state index contributed by atoms with van der Waals surface area (Å²) < 4.78 is 11.0. The van der Waals surface area contributed by atoms with Crippen molar-refractivity contribution in [2.75, 3.05) is 19.8 Å². The van der Waals surface area contributed by atoms with E-state index in [9.17, 15) is 0 Å². The van der Waals surface area contributed by atoms with Crippen LogP contribution in [0, 0.1) is 0 Å². The molecule has 1 atom stereocenters. The molecule has 0 fully saturated rings. The first kappa shape index (κ1) is 18.2. The molecule has 0 aliphatic heterocycles. The summed E-state index contributed by atoms with van der Waals surface area (Å²) in [5.41, 5.74) is 8.36. The third kappa shape index (κ3) is 6.81. The summed E-state index contributed by atoms with van der Waals surface area (Å²) in [6.07, 6.45) is 1.78. The molecule has 1 aromatic carbocycles. The van der Waals surface area contributed by atoms with Gasteiger partial charge in [0.2, 0.25) is 0 Å². The highest BCUT2D eigenvalue weighted by Gasteiger charge is 2.07. The number of hydrogen-bond donors (Lipinski definition) is 1. The number of benzene rings is 1. The molecule has 0 aliphatic rings. The Kier molecular flexibility index (Phi) is 9.66. The summed E-state index contributed by atoms with van der Waals surface area (Å²) in [6, 6.07) is 6.48. The summed E-state index contributed by atoms with van der Waals surface area (Å²) in [5, 5.41) is 0. The number of halogens is 1. The second kappa shape index (κ2) is 10.1. The SMILES string of the molecule is CCOCCc1ccc(OCC)c(CC(C)N)c1.Cl. The normalized spacial score (nSPS) is 11.8. The third-order valence-corrected chi connectivity index (χ3v) is 2.71. The van der Waals surface area contributed by atoms with Crippen LogP contribution in [0.1, 0.15) is 31.9 Å². The topological polar surface area (TPSA) is 44.5 Å². The molecule has 0 amide bonds. The molecule has 0 aliphatic carbocycles. The average Bonchev–Trinajstić information content (AvgIpc) is 2.32. The van der Waals surface area contributed by atoms with E-state index in [0.717, 1.165) is 31.8 Å². The molecule has 0 saturated heterocycles. The second-order valence-corrected chi connectivity index (χ2v) is 4.50. The number of ether oxygens (including phenoxy) is 2. The van der Waals surface area contributed by atoms with Gasteiger partial charge in [0.05, 0.1) is 13.2 Å². The quantitative estimate of drug-likeness (QED) is 0.748. The lowest BCUT2D eigenvalue weighted by Crippen LogP contribution is -2.18. The van der Waals surface area contributed by atoms with Crippen molar-refractivity contribution >= 4 is 12.4 Å². The maximum atomic E-state index is 5.88. The zero-order chi connectivity index (χ0) is 13.4. The standard InChI is InChI=1S/C15H25NO2.ClH/c1-4-17-9-8-13-6-7-15(18-5-2)14(11-13)10-12(3)16;/h6-7,11-12H,4-5,8-10,16H2,1-3H3;1H. The highest BCUT2D eigenvalue weighted by molar-refractivity contribution is 5.85. The van der Waals surface area contributed by atoms with Crippen LogP contribution in [0.4, 0.5) is 0 Å². The summed E-state index contributed by atoms with van der Waals surface area (Å²) in [5.74, 6) is 0.954. The molecule has 1 aromatic rings. The molecule has 0 bridgehead atoms. The lowest BCUT2D eigenvalue weighted by molar-refractivity contribution is 0.151. The molecule has 19 heavy (non-hydrogen) atoms. The fourth-order valence-corrected chi connectivity index (χ4v) is 1.93. The van der Waals surface area contributed by atoms with Crippen molar-refractivity contribution in [1.82, 2.24) is 0 Å². The van der Waals surface area contributed by atoms with Crippen molar-refractivity contribution in [2.24, 2.45) is 5.73 Å². The van der Waals surface area contributed by atoms with E-state index in [1.807, 2.05) is 26.8 Å². The van der Waals surface area contributed by atoms with Crippen molar-refractivity contribution in [1.29, 1.82) is 0 Å². The minimum Gasteiger partial charge on any atom is -0.494 e. The van der Waals surface area contributed by atoms with E-state index in [1.54, 1.807) is 0 Å². The van der Waals surface area contributed by atoms with E-state index in [4.69, 9.17) is 15.2 Å². The van der Waals surface area contributed by atoms with Crippen LogP contribution in [-0.4, -0.2) is 25.9 Å². The minimum absolute atomic E-state index is 0. The van der Waals surface area contributed by atoms with Crippen molar-refractivity contribution in [3.05, 3.63) is 29.3 Å². The minimum atomic E-state index is 0. The Morgan fingerprint density at radius 2 is 1.95 bits per heavy atom. The zero-order valence-corrected chi connectivity index (χ0v) is 13.0. The average molecular weight is 288 g/mol. The lowest BCUT2D eigenvalue weighted by atomic mass is 10.0. The van der Waals surface area contributed by atoms with Gasteiger partial charge < -0.3 is 15.2 Å². The highest BCUT2D eigenvalue weighted by atomic mass is 35.5. The van der Waals surface area contributed by atoms with Gasteiger partial charge in [-0.05, 0) is 50.8 Å². The van der Waals surface area contributed by atoms with E-state index < -0.39 is 0 Å². The highest BCUT2D eigenvalue weighted by Crippen LogP contribution is 2.22. The maximum Gasteiger partial charge on any atom is 0.122 e. The van der Waals surface area contributed by atoms with Crippen LogP contribution in [-0.2, 0) is 17.6 Å². The van der Waals surface area contributed by atoms with Crippen molar-refractivity contribution in [3.8, 4) is 5.75 Å². The Bertz CT molecular complexity index is 356. The summed E-state index contributed by atoms with van der Waals surface area (Å²) >= 11 is 0. The molecule has 3 nitrogen and oxygen atoms in total. The molecule has 0 saturated carbocycles. The van der Waals surface area contributed by atoms with Gasteiger partial charge in [-0.3, -0.25) is 0 Å². The summed E-state index contributed by atoms with van der Waals surface area (Å²) in [7, 11) is 0. The molecule has 0 aromatic heterocycles. The Balaban J connectivity index is 0.00000324. The van der Waals surface area contributed by atoms with Crippen molar-refractivity contribution in [3.63, 3.8) is 0 Å². The Labute approximate surface area is 122 Å². The Morgan fingerprint density at radius 1 is 1.21 bits per heavy atom. The van der Waals surface area contributed by atoms with Crippen LogP contribution >= 0.6 is 12.4 Å². The molecule has 110 valence electrons. The van der Waals surface area contributed by atoms with Crippen molar-refractivity contribution in [2.45, 2.75) is 39.7 Å². The molecular weight excluding hydrogens is 262 g/mol.